The topological polar surface area (TPSA) is 81.2 Å². The van der Waals surface area contributed by atoms with E-state index < -0.39 is 0 Å². The number of hydrogen-bond donors (Lipinski definition) is 1. The molecule has 0 amide bonds. The van der Waals surface area contributed by atoms with Crippen molar-refractivity contribution in [3.05, 3.63) is 46.2 Å². The lowest BCUT2D eigenvalue weighted by molar-refractivity contribution is 0.00989. The number of likely N-dealkylation sites (N-methyl/N-ethyl adjacent to an activating group) is 1. The molecule has 3 saturated heterocycles. The summed E-state index contributed by atoms with van der Waals surface area (Å²) >= 11 is 9.69. The fraction of sp³-hybridized carbons (Fsp3) is 0.481. The molecule has 0 spiro atoms. The molecule has 3 aliphatic heterocycles. The number of fused-ring (bicyclic) bond motifs is 2. The van der Waals surface area contributed by atoms with Crippen LogP contribution in [0.4, 0.5) is 11.5 Å². The average molecular weight is 605 g/mol. The van der Waals surface area contributed by atoms with E-state index in [2.05, 4.69) is 47.9 Å². The number of anilines is 2. The molecule has 11 heteroatoms. The molecule has 3 aliphatic rings. The molecule has 9 nitrogen and oxygen atoms in total. The minimum Gasteiger partial charge on any atom is -0.493 e. The Balaban J connectivity index is 1.19. The maximum absolute atomic E-state index is 6.47. The molecule has 1 aromatic heterocycles. The first-order chi connectivity index (χ1) is 18.5. The molecule has 0 unspecified atom stereocenters. The second-order valence-electron chi connectivity index (χ2n) is 9.79. The van der Waals surface area contributed by atoms with Crippen LogP contribution >= 0.6 is 27.5 Å². The van der Waals surface area contributed by atoms with Crippen molar-refractivity contribution < 1.29 is 18.9 Å². The van der Waals surface area contributed by atoms with Crippen molar-refractivity contribution in [2.75, 3.05) is 58.4 Å². The molecule has 38 heavy (non-hydrogen) atoms. The van der Waals surface area contributed by atoms with Gasteiger partial charge in [0.2, 0.25) is 0 Å². The highest BCUT2D eigenvalue weighted by atomic mass is 79.9. The monoisotopic (exact) mass is 603 g/mol. The Morgan fingerprint density at radius 1 is 1.05 bits per heavy atom. The largest absolute Gasteiger partial charge is 0.493 e. The van der Waals surface area contributed by atoms with Gasteiger partial charge in [-0.3, -0.25) is 4.90 Å². The Morgan fingerprint density at radius 3 is 2.63 bits per heavy atom. The Bertz CT molecular complexity index is 1310. The second kappa shape index (κ2) is 11.1. The lowest BCUT2D eigenvalue weighted by atomic mass is 10.1. The maximum atomic E-state index is 6.47. The summed E-state index contributed by atoms with van der Waals surface area (Å²) in [6.45, 7) is 8.72. The maximum Gasteiger partial charge on any atom is 0.164 e. The Morgan fingerprint density at radius 2 is 1.87 bits per heavy atom. The number of hydrogen-bond acceptors (Lipinski definition) is 9. The highest BCUT2D eigenvalue weighted by Crippen LogP contribution is 2.39. The number of nitrogens with one attached hydrogen (secondary N) is 1. The van der Waals surface area contributed by atoms with Crippen LogP contribution in [-0.2, 0) is 9.47 Å². The number of ether oxygens (including phenoxy) is 4. The number of aromatic nitrogens is 2. The van der Waals surface area contributed by atoms with Crippen LogP contribution in [0.15, 0.2) is 41.1 Å². The third kappa shape index (κ3) is 5.05. The number of benzene rings is 2. The van der Waals surface area contributed by atoms with Crippen molar-refractivity contribution in [3.63, 3.8) is 0 Å². The van der Waals surface area contributed by atoms with E-state index >= 15 is 0 Å². The number of nitrogens with zero attached hydrogens (tertiary/aromatic N) is 4. The Hall–Kier alpha value is -2.21. The van der Waals surface area contributed by atoms with E-state index in [4.69, 9.17) is 30.5 Å². The van der Waals surface area contributed by atoms with Crippen LogP contribution in [0.3, 0.4) is 0 Å². The molecule has 4 heterocycles. The van der Waals surface area contributed by atoms with E-state index in [1.165, 1.54) is 6.33 Å². The lowest BCUT2D eigenvalue weighted by Gasteiger charge is -2.38. The van der Waals surface area contributed by atoms with Crippen LogP contribution in [0.25, 0.3) is 10.9 Å². The number of methoxy groups -OCH3 is 1. The molecule has 4 atom stereocenters. The van der Waals surface area contributed by atoms with Gasteiger partial charge >= 0.3 is 0 Å². The van der Waals surface area contributed by atoms with Crippen molar-refractivity contribution in [1.29, 1.82) is 0 Å². The number of piperazine rings is 1. The first-order valence-electron chi connectivity index (χ1n) is 12.9. The summed E-state index contributed by atoms with van der Waals surface area (Å²) in [6.07, 6.45) is 1.20. The zero-order valence-corrected chi connectivity index (χ0v) is 23.7. The molecule has 0 saturated carbocycles. The molecule has 0 radical (unpaired) electrons. The van der Waals surface area contributed by atoms with Gasteiger partial charge in [0.25, 0.3) is 0 Å². The van der Waals surface area contributed by atoms with Gasteiger partial charge in [0.15, 0.2) is 17.6 Å². The third-order valence-corrected chi connectivity index (χ3v) is 8.92. The molecular weight excluding hydrogens is 574 g/mol. The fourth-order valence-corrected chi connectivity index (χ4v) is 5.99. The molecule has 3 fully saturated rings. The first kappa shape index (κ1) is 26.0. The predicted octanol–water partition coefficient (Wildman–Crippen LogP) is 4.35. The zero-order chi connectivity index (χ0) is 26.2. The quantitative estimate of drug-likeness (QED) is 0.423. The van der Waals surface area contributed by atoms with Gasteiger partial charge in [-0.05, 0) is 46.7 Å². The number of rotatable bonds is 7. The molecule has 0 bridgehead atoms. The smallest absolute Gasteiger partial charge is 0.164 e. The number of halogens is 2. The highest BCUT2D eigenvalue weighted by Gasteiger charge is 2.51. The summed E-state index contributed by atoms with van der Waals surface area (Å²) in [7, 11) is 1.63. The van der Waals surface area contributed by atoms with E-state index in [0.717, 1.165) is 53.8 Å². The molecular formula is C27H31BrClN5O4. The summed E-state index contributed by atoms with van der Waals surface area (Å²) in [5.41, 5.74) is 1.55. The fourth-order valence-electron chi connectivity index (χ4n) is 5.56. The van der Waals surface area contributed by atoms with E-state index in [9.17, 15) is 0 Å². The summed E-state index contributed by atoms with van der Waals surface area (Å²) in [4.78, 5) is 13.9. The van der Waals surface area contributed by atoms with E-state index in [1.54, 1.807) is 7.11 Å². The summed E-state index contributed by atoms with van der Waals surface area (Å²) in [6, 6.07) is 9.70. The molecule has 1 N–H and O–H groups in total. The van der Waals surface area contributed by atoms with Crippen LogP contribution in [0.1, 0.15) is 6.92 Å². The van der Waals surface area contributed by atoms with Crippen molar-refractivity contribution in [2.45, 2.75) is 31.3 Å². The molecule has 0 aliphatic carbocycles. The average Bonchev–Trinajstić information content (AvgIpc) is 3.54. The van der Waals surface area contributed by atoms with Crippen LogP contribution in [-0.4, -0.2) is 97.2 Å². The lowest BCUT2D eigenvalue weighted by Crippen LogP contribution is -2.54. The van der Waals surface area contributed by atoms with E-state index in [1.807, 2.05) is 30.3 Å². The standard InChI is InChI=1S/C27H31BrClN5O4/c1-3-33-6-8-34(9-7-33)21-13-36-26-24(14-37-25(21)26)38-23-12-20-17(11-22(23)35-2)27(31-15-30-20)32-16-4-5-18(28)19(29)10-16/h4-5,10-12,15,21,24-26H,3,6-9,13-14H2,1-2H3,(H,30,31,32)/t21-,24-,25+,26+/m1/s1. The van der Waals surface area contributed by atoms with Gasteiger partial charge in [-0.2, -0.15) is 0 Å². The van der Waals surface area contributed by atoms with Gasteiger partial charge in [0, 0.05) is 47.8 Å². The van der Waals surface area contributed by atoms with Gasteiger partial charge in [0.05, 0.1) is 36.9 Å². The molecule has 202 valence electrons. The van der Waals surface area contributed by atoms with Gasteiger partial charge in [0.1, 0.15) is 24.4 Å². The molecule has 3 aromatic rings. The minimum atomic E-state index is -0.224. The highest BCUT2D eigenvalue weighted by molar-refractivity contribution is 9.10. The third-order valence-electron chi connectivity index (χ3n) is 7.69. The van der Waals surface area contributed by atoms with Crippen LogP contribution in [0.5, 0.6) is 11.5 Å². The Kier molecular flexibility index (Phi) is 7.61. The van der Waals surface area contributed by atoms with Crippen molar-refractivity contribution in [3.8, 4) is 11.5 Å². The van der Waals surface area contributed by atoms with Crippen molar-refractivity contribution in [1.82, 2.24) is 19.8 Å². The zero-order valence-electron chi connectivity index (χ0n) is 21.4. The molecule has 2 aromatic carbocycles. The van der Waals surface area contributed by atoms with E-state index in [-0.39, 0.29) is 24.4 Å². The van der Waals surface area contributed by atoms with Crippen molar-refractivity contribution in [2.24, 2.45) is 0 Å². The van der Waals surface area contributed by atoms with Gasteiger partial charge < -0.3 is 29.2 Å². The minimum absolute atomic E-state index is 0.00971. The SMILES string of the molecule is CCN1CCN([C@@H]2CO[C@@H]3[C@H]2OC[C@H]3Oc2cc3ncnc(Nc4ccc(Br)c(Cl)c4)c3cc2OC)CC1. The summed E-state index contributed by atoms with van der Waals surface area (Å²) in [5.74, 6) is 1.85. The first-order valence-corrected chi connectivity index (χ1v) is 14.1. The van der Waals surface area contributed by atoms with Gasteiger partial charge in [-0.15, -0.1) is 0 Å². The van der Waals surface area contributed by atoms with Gasteiger partial charge in [-0.1, -0.05) is 18.5 Å². The summed E-state index contributed by atoms with van der Waals surface area (Å²) < 4.78 is 25.5. The molecule has 6 rings (SSSR count). The Labute approximate surface area is 235 Å². The normalized spacial score (nSPS) is 26.0. The second-order valence-corrected chi connectivity index (χ2v) is 11.0. The predicted molar refractivity (Wildman–Crippen MR) is 150 cm³/mol. The van der Waals surface area contributed by atoms with Gasteiger partial charge in [-0.25, -0.2) is 9.97 Å². The van der Waals surface area contributed by atoms with Crippen LogP contribution < -0.4 is 14.8 Å². The summed E-state index contributed by atoms with van der Waals surface area (Å²) in [5, 5.41) is 4.75. The van der Waals surface area contributed by atoms with Crippen LogP contribution in [0, 0.1) is 0 Å². The van der Waals surface area contributed by atoms with E-state index in [0.29, 0.717) is 35.6 Å². The van der Waals surface area contributed by atoms with Crippen LogP contribution in [0.2, 0.25) is 5.02 Å². The van der Waals surface area contributed by atoms with Crippen molar-refractivity contribution >= 4 is 49.9 Å².